The minimum Gasteiger partial charge on any atom is -0.461 e. The highest BCUT2D eigenvalue weighted by molar-refractivity contribution is 6.09. The third kappa shape index (κ3) is 4.56. The largest absolute Gasteiger partial charge is 0.461 e. The van der Waals surface area contributed by atoms with Crippen molar-refractivity contribution in [1.82, 2.24) is 4.98 Å². The van der Waals surface area contributed by atoms with E-state index >= 15 is 0 Å². The van der Waals surface area contributed by atoms with Crippen molar-refractivity contribution in [3.63, 3.8) is 0 Å². The first-order valence-electron chi connectivity index (χ1n) is 9.92. The van der Waals surface area contributed by atoms with Crippen molar-refractivity contribution in [2.75, 3.05) is 43.5 Å². The second-order valence-electron chi connectivity index (χ2n) is 7.25. The van der Waals surface area contributed by atoms with E-state index in [1.165, 1.54) is 0 Å². The lowest BCUT2D eigenvalue weighted by molar-refractivity contribution is 0.0519. The summed E-state index contributed by atoms with van der Waals surface area (Å²) in [6, 6.07) is 9.75. The molecule has 7 nitrogen and oxygen atoms in total. The van der Waals surface area contributed by atoms with Gasteiger partial charge in [-0.25, -0.2) is 9.78 Å². The molecule has 0 amide bonds. The van der Waals surface area contributed by atoms with Crippen LogP contribution in [0.2, 0.25) is 0 Å². The molecule has 1 saturated heterocycles. The van der Waals surface area contributed by atoms with Gasteiger partial charge >= 0.3 is 5.97 Å². The summed E-state index contributed by atoms with van der Waals surface area (Å²) in [4.78, 5) is 18.7. The molecular weight excluding hydrogens is 368 g/mol. The van der Waals surface area contributed by atoms with Gasteiger partial charge in [-0.15, -0.1) is 0 Å². The number of anilines is 2. The van der Waals surface area contributed by atoms with Crippen LogP contribution in [0.1, 0.15) is 36.8 Å². The summed E-state index contributed by atoms with van der Waals surface area (Å²) in [7, 11) is 0. The molecular formula is C22H28N4O3. The Labute approximate surface area is 171 Å². The lowest BCUT2D eigenvalue weighted by Gasteiger charge is -2.29. The molecule has 0 saturated carbocycles. The van der Waals surface area contributed by atoms with E-state index in [1.807, 2.05) is 38.1 Å². The number of morpholine rings is 1. The predicted molar refractivity (Wildman–Crippen MR) is 115 cm³/mol. The van der Waals surface area contributed by atoms with Crippen LogP contribution < -0.4 is 10.6 Å². The number of nitrogens with two attached hydrogens (primary N) is 1. The Hall–Kier alpha value is -2.93. The minimum absolute atomic E-state index is 0.0288. The van der Waals surface area contributed by atoms with Gasteiger partial charge in [0.25, 0.3) is 0 Å². The van der Waals surface area contributed by atoms with Crippen LogP contribution in [-0.4, -0.2) is 49.6 Å². The van der Waals surface area contributed by atoms with Gasteiger partial charge in [0.1, 0.15) is 5.82 Å². The monoisotopic (exact) mass is 396 g/mol. The number of carbonyl (C=O) groups excluding carboxylic acids is 1. The number of carbonyl (C=O) groups is 1. The number of esters is 1. The van der Waals surface area contributed by atoms with E-state index in [2.05, 4.69) is 9.88 Å². The summed E-state index contributed by atoms with van der Waals surface area (Å²) in [5, 5.41) is 8.52. The minimum atomic E-state index is -0.520. The number of nitrogen functional groups attached to an aromatic ring is 1. The number of pyridine rings is 1. The third-order valence-electron chi connectivity index (χ3n) is 4.93. The van der Waals surface area contributed by atoms with Crippen LogP contribution in [0.15, 0.2) is 30.3 Å². The summed E-state index contributed by atoms with van der Waals surface area (Å²) in [6.45, 7) is 9.04. The van der Waals surface area contributed by atoms with Crippen LogP contribution in [-0.2, 0) is 9.47 Å². The van der Waals surface area contributed by atoms with Gasteiger partial charge in [-0.1, -0.05) is 26.0 Å². The molecule has 3 N–H and O–H groups in total. The van der Waals surface area contributed by atoms with Gasteiger partial charge in [-0.3, -0.25) is 0 Å². The van der Waals surface area contributed by atoms with Crippen molar-refractivity contribution in [3.05, 3.63) is 41.6 Å². The van der Waals surface area contributed by atoms with E-state index in [0.717, 1.165) is 37.6 Å². The lowest BCUT2D eigenvalue weighted by Crippen LogP contribution is -2.36. The second-order valence-corrected chi connectivity index (χ2v) is 7.25. The van der Waals surface area contributed by atoms with Crippen LogP contribution in [0, 0.1) is 11.3 Å². The average molecular weight is 396 g/mol. The maximum atomic E-state index is 12.2. The Kier molecular flexibility index (Phi) is 6.49. The topological polar surface area (TPSA) is 102 Å². The SMILES string of the molecule is CCOC(=O)c1cc(-c2ccc(N3CCOCC3)cc2)c(C(=N)C(C)C)c(N)n1. The molecule has 1 aliphatic heterocycles. The van der Waals surface area contributed by atoms with Gasteiger partial charge in [0.05, 0.1) is 19.8 Å². The first kappa shape index (κ1) is 20.8. The van der Waals surface area contributed by atoms with Crippen molar-refractivity contribution in [1.29, 1.82) is 5.41 Å². The van der Waals surface area contributed by atoms with Crippen LogP contribution in [0.25, 0.3) is 11.1 Å². The van der Waals surface area contributed by atoms with E-state index in [9.17, 15) is 4.79 Å². The molecule has 2 aromatic rings. The molecule has 7 heteroatoms. The Bertz CT molecular complexity index is 888. The van der Waals surface area contributed by atoms with Gasteiger partial charge in [0.15, 0.2) is 5.69 Å². The molecule has 1 fully saturated rings. The summed E-state index contributed by atoms with van der Waals surface area (Å²) in [5.74, 6) is -0.381. The molecule has 0 radical (unpaired) electrons. The number of hydrogen-bond donors (Lipinski definition) is 2. The fraction of sp³-hybridized carbons (Fsp3) is 0.409. The van der Waals surface area contributed by atoms with Crippen LogP contribution in [0.4, 0.5) is 11.5 Å². The molecule has 2 heterocycles. The summed E-state index contributed by atoms with van der Waals surface area (Å²) < 4.78 is 10.5. The standard InChI is InChI=1S/C22H28N4O3/c1-4-29-22(27)18-13-17(19(21(24)25-18)20(23)14(2)3)15-5-7-16(8-6-15)26-9-11-28-12-10-26/h5-8,13-14,23H,4,9-12H2,1-3H3,(H2,24,25). The lowest BCUT2D eigenvalue weighted by atomic mass is 9.91. The molecule has 0 aliphatic carbocycles. The van der Waals surface area contributed by atoms with Crippen LogP contribution in [0.3, 0.4) is 0 Å². The molecule has 0 bridgehead atoms. The molecule has 1 aromatic heterocycles. The number of hydrogen-bond acceptors (Lipinski definition) is 7. The Morgan fingerprint density at radius 1 is 1.28 bits per heavy atom. The molecule has 3 rings (SSSR count). The van der Waals surface area contributed by atoms with Gasteiger partial charge in [-0.2, -0.15) is 0 Å². The Balaban J connectivity index is 2.05. The molecule has 0 unspecified atom stereocenters. The summed E-state index contributed by atoms with van der Waals surface area (Å²) in [6.07, 6.45) is 0. The van der Waals surface area contributed by atoms with E-state index in [4.69, 9.17) is 20.6 Å². The number of ether oxygens (including phenoxy) is 2. The number of aromatic nitrogens is 1. The zero-order valence-corrected chi connectivity index (χ0v) is 17.2. The van der Waals surface area contributed by atoms with Crippen molar-refractivity contribution >= 4 is 23.2 Å². The predicted octanol–water partition coefficient (Wildman–Crippen LogP) is 3.37. The molecule has 29 heavy (non-hydrogen) atoms. The first-order chi connectivity index (χ1) is 13.9. The van der Waals surface area contributed by atoms with Crippen molar-refractivity contribution in [2.24, 2.45) is 5.92 Å². The fourth-order valence-electron chi connectivity index (χ4n) is 3.35. The molecule has 154 valence electrons. The number of nitrogens with one attached hydrogen (secondary N) is 1. The van der Waals surface area contributed by atoms with Gasteiger partial charge in [0, 0.05) is 30.1 Å². The molecule has 1 aliphatic rings. The highest BCUT2D eigenvalue weighted by Crippen LogP contribution is 2.31. The summed E-state index contributed by atoms with van der Waals surface area (Å²) in [5.41, 5.74) is 10.0. The zero-order chi connectivity index (χ0) is 21.0. The second kappa shape index (κ2) is 9.05. The smallest absolute Gasteiger partial charge is 0.357 e. The first-order valence-corrected chi connectivity index (χ1v) is 9.92. The van der Waals surface area contributed by atoms with Crippen molar-refractivity contribution < 1.29 is 14.3 Å². The highest BCUT2D eigenvalue weighted by Gasteiger charge is 2.21. The number of nitrogens with zero attached hydrogens (tertiary/aromatic N) is 2. The van der Waals surface area contributed by atoms with Gasteiger partial charge in [0.2, 0.25) is 0 Å². The maximum absolute atomic E-state index is 12.2. The summed E-state index contributed by atoms with van der Waals surface area (Å²) >= 11 is 0. The van der Waals surface area contributed by atoms with Crippen molar-refractivity contribution in [3.8, 4) is 11.1 Å². The average Bonchev–Trinajstić information content (AvgIpc) is 2.73. The van der Waals surface area contributed by atoms with Gasteiger partial charge < -0.3 is 25.5 Å². The van der Waals surface area contributed by atoms with E-state index in [-0.39, 0.29) is 24.0 Å². The maximum Gasteiger partial charge on any atom is 0.357 e. The molecule has 1 aromatic carbocycles. The quantitative estimate of drug-likeness (QED) is 0.573. The normalized spacial score (nSPS) is 14.1. The number of rotatable bonds is 6. The molecule has 0 atom stereocenters. The van der Waals surface area contributed by atoms with Crippen LogP contribution >= 0.6 is 0 Å². The Morgan fingerprint density at radius 2 is 1.93 bits per heavy atom. The van der Waals surface area contributed by atoms with Crippen LogP contribution in [0.5, 0.6) is 0 Å². The van der Waals surface area contributed by atoms with Crippen molar-refractivity contribution in [2.45, 2.75) is 20.8 Å². The zero-order valence-electron chi connectivity index (χ0n) is 17.2. The third-order valence-corrected chi connectivity index (χ3v) is 4.93. The molecule has 0 spiro atoms. The highest BCUT2D eigenvalue weighted by atomic mass is 16.5. The van der Waals surface area contributed by atoms with E-state index in [1.54, 1.807) is 13.0 Å². The number of benzene rings is 1. The van der Waals surface area contributed by atoms with E-state index < -0.39 is 5.97 Å². The van der Waals surface area contributed by atoms with E-state index in [0.29, 0.717) is 16.8 Å². The Morgan fingerprint density at radius 3 is 2.52 bits per heavy atom. The van der Waals surface area contributed by atoms with Gasteiger partial charge in [-0.05, 0) is 42.2 Å². The fourth-order valence-corrected chi connectivity index (χ4v) is 3.35.